The minimum atomic E-state index is -0.744. The van der Waals surface area contributed by atoms with Gasteiger partial charge >= 0.3 is 5.97 Å². The van der Waals surface area contributed by atoms with Gasteiger partial charge in [-0.25, -0.2) is 0 Å². The van der Waals surface area contributed by atoms with Gasteiger partial charge in [0.2, 0.25) is 5.89 Å². The molecule has 0 saturated heterocycles. The van der Waals surface area contributed by atoms with E-state index in [4.69, 9.17) is 13.9 Å². The van der Waals surface area contributed by atoms with Gasteiger partial charge < -0.3 is 19.2 Å². The predicted octanol–water partition coefficient (Wildman–Crippen LogP) is 3.56. The van der Waals surface area contributed by atoms with Crippen molar-refractivity contribution >= 4 is 11.9 Å². The molecule has 0 aliphatic heterocycles. The minimum absolute atomic E-state index is 0.0454. The van der Waals surface area contributed by atoms with Crippen molar-refractivity contribution < 1.29 is 23.5 Å². The Labute approximate surface area is 174 Å². The summed E-state index contributed by atoms with van der Waals surface area (Å²) in [6.07, 6.45) is -0.698. The highest BCUT2D eigenvalue weighted by atomic mass is 16.6. The van der Waals surface area contributed by atoms with Crippen molar-refractivity contribution in [1.29, 1.82) is 0 Å². The molecule has 156 valence electrons. The Bertz CT molecular complexity index is 984. The summed E-state index contributed by atoms with van der Waals surface area (Å²) in [6.45, 7) is 5.18. The van der Waals surface area contributed by atoms with Crippen LogP contribution in [-0.2, 0) is 9.53 Å². The molecule has 0 bridgehead atoms. The number of nitrogens with zero attached hydrogens (tertiary/aromatic N) is 2. The second kappa shape index (κ2) is 9.69. The molecule has 2 aromatic carbocycles. The summed E-state index contributed by atoms with van der Waals surface area (Å²) in [5.41, 5.74) is 1.18. The number of carbonyl (C=O) groups is 2. The molecule has 0 radical (unpaired) electrons. The molecule has 3 aromatic rings. The third-order valence-corrected chi connectivity index (χ3v) is 4.00. The number of rotatable bonds is 8. The maximum Gasteiger partial charge on any atom is 0.326 e. The summed E-state index contributed by atoms with van der Waals surface area (Å²) in [4.78, 5) is 24.3. The van der Waals surface area contributed by atoms with Crippen LogP contribution in [0.25, 0.3) is 11.5 Å². The zero-order chi connectivity index (χ0) is 21.5. The highest BCUT2D eigenvalue weighted by molar-refractivity contribution is 5.96. The lowest BCUT2D eigenvalue weighted by molar-refractivity contribution is -0.148. The molecule has 0 aliphatic carbocycles. The lowest BCUT2D eigenvalue weighted by atomic mass is 10.2. The van der Waals surface area contributed by atoms with E-state index in [-0.39, 0.29) is 24.4 Å². The van der Waals surface area contributed by atoms with Crippen molar-refractivity contribution in [2.75, 3.05) is 6.54 Å². The Morgan fingerprint density at radius 3 is 2.37 bits per heavy atom. The highest BCUT2D eigenvalue weighted by Crippen LogP contribution is 2.22. The highest BCUT2D eigenvalue weighted by Gasteiger charge is 2.19. The van der Waals surface area contributed by atoms with Crippen LogP contribution < -0.4 is 10.1 Å². The van der Waals surface area contributed by atoms with E-state index >= 15 is 0 Å². The number of nitrogens with one attached hydrogen (secondary N) is 1. The molecule has 0 saturated carbocycles. The third-order valence-electron chi connectivity index (χ3n) is 4.00. The summed E-state index contributed by atoms with van der Waals surface area (Å²) in [6, 6.07) is 15.9. The van der Waals surface area contributed by atoms with E-state index in [0.29, 0.717) is 17.2 Å². The van der Waals surface area contributed by atoms with Crippen molar-refractivity contribution in [1.82, 2.24) is 15.5 Å². The average Bonchev–Trinajstić information content (AvgIpc) is 3.23. The molecule has 1 aromatic heterocycles. The molecule has 8 heteroatoms. The van der Waals surface area contributed by atoms with Gasteiger partial charge in [-0.15, -0.1) is 10.2 Å². The molecule has 3 rings (SSSR count). The van der Waals surface area contributed by atoms with Crippen LogP contribution in [0, 0.1) is 0 Å². The van der Waals surface area contributed by atoms with Crippen molar-refractivity contribution in [3.63, 3.8) is 0 Å². The van der Waals surface area contributed by atoms with E-state index in [1.807, 2.05) is 44.2 Å². The number of hydrogen-bond donors (Lipinski definition) is 1. The average molecular weight is 409 g/mol. The molecule has 8 nitrogen and oxygen atoms in total. The summed E-state index contributed by atoms with van der Waals surface area (Å²) < 4.78 is 16.4. The van der Waals surface area contributed by atoms with E-state index in [1.165, 1.54) is 0 Å². The van der Waals surface area contributed by atoms with Gasteiger partial charge in [0.25, 0.3) is 11.8 Å². The van der Waals surface area contributed by atoms with E-state index < -0.39 is 12.1 Å². The largest absolute Gasteiger partial charge is 0.491 e. The van der Waals surface area contributed by atoms with E-state index in [9.17, 15) is 9.59 Å². The lowest BCUT2D eigenvalue weighted by Crippen LogP contribution is -2.31. The first-order chi connectivity index (χ1) is 14.4. The number of ether oxygens (including phenoxy) is 2. The Hall–Kier alpha value is -3.68. The Kier molecular flexibility index (Phi) is 6.79. The van der Waals surface area contributed by atoms with Gasteiger partial charge in [-0.2, -0.15) is 0 Å². The Balaban J connectivity index is 1.49. The molecule has 0 aliphatic rings. The number of amides is 1. The second-order valence-electron chi connectivity index (χ2n) is 6.82. The molecule has 30 heavy (non-hydrogen) atoms. The molecular formula is C22H23N3O5. The maximum atomic E-state index is 12.2. The zero-order valence-electron chi connectivity index (χ0n) is 17.0. The van der Waals surface area contributed by atoms with Crippen LogP contribution in [0.3, 0.4) is 0 Å². The summed E-state index contributed by atoms with van der Waals surface area (Å²) in [7, 11) is 0. The Morgan fingerprint density at radius 1 is 1.00 bits per heavy atom. The smallest absolute Gasteiger partial charge is 0.326 e. The SMILES string of the molecule is CC(C)Oc1ccc(C(=O)NCC(=O)OC(C)c2nnc(-c3ccccc3)o2)cc1. The molecule has 1 N–H and O–H groups in total. The standard InChI is InChI=1S/C22H23N3O5/c1-14(2)28-18-11-9-16(10-12-18)20(27)23-13-19(26)29-15(3)21-24-25-22(30-21)17-7-5-4-6-8-17/h4-12,14-15H,13H2,1-3H3,(H,23,27). The lowest BCUT2D eigenvalue weighted by Gasteiger charge is -2.11. The topological polar surface area (TPSA) is 104 Å². The predicted molar refractivity (Wildman–Crippen MR) is 109 cm³/mol. The van der Waals surface area contributed by atoms with Crippen LogP contribution in [-0.4, -0.2) is 34.7 Å². The first kappa shape index (κ1) is 21.0. The van der Waals surface area contributed by atoms with E-state index in [2.05, 4.69) is 15.5 Å². The number of esters is 1. The number of carbonyl (C=O) groups excluding carboxylic acids is 2. The number of hydrogen-bond acceptors (Lipinski definition) is 7. The number of benzene rings is 2. The van der Waals surface area contributed by atoms with Gasteiger partial charge in [-0.05, 0) is 57.2 Å². The molecule has 1 heterocycles. The Morgan fingerprint density at radius 2 is 1.70 bits per heavy atom. The number of aromatic nitrogens is 2. The monoisotopic (exact) mass is 409 g/mol. The fraction of sp³-hybridized carbons (Fsp3) is 0.273. The first-order valence-electron chi connectivity index (χ1n) is 9.55. The second-order valence-corrected chi connectivity index (χ2v) is 6.82. The third kappa shape index (κ3) is 5.66. The van der Waals surface area contributed by atoms with Crippen LogP contribution in [0.2, 0.25) is 0 Å². The van der Waals surface area contributed by atoms with Crippen molar-refractivity contribution in [3.05, 3.63) is 66.1 Å². The zero-order valence-corrected chi connectivity index (χ0v) is 17.0. The van der Waals surface area contributed by atoms with Gasteiger partial charge in [0, 0.05) is 11.1 Å². The normalized spacial score (nSPS) is 11.7. The molecule has 1 amide bonds. The molecule has 1 unspecified atom stereocenters. The van der Waals surface area contributed by atoms with E-state index in [1.54, 1.807) is 31.2 Å². The molecule has 0 fully saturated rings. The van der Waals surface area contributed by atoms with Crippen LogP contribution in [0.1, 0.15) is 43.1 Å². The van der Waals surface area contributed by atoms with Gasteiger partial charge in [0.15, 0.2) is 6.10 Å². The quantitative estimate of drug-likeness (QED) is 0.567. The van der Waals surface area contributed by atoms with Crippen LogP contribution in [0.4, 0.5) is 0 Å². The van der Waals surface area contributed by atoms with Crippen molar-refractivity contribution in [2.24, 2.45) is 0 Å². The summed E-state index contributed by atoms with van der Waals surface area (Å²) in [5.74, 6) is 0.181. The van der Waals surface area contributed by atoms with Crippen molar-refractivity contribution in [3.8, 4) is 17.2 Å². The first-order valence-corrected chi connectivity index (χ1v) is 9.55. The van der Waals surface area contributed by atoms with Crippen LogP contribution in [0.15, 0.2) is 59.0 Å². The summed E-state index contributed by atoms with van der Waals surface area (Å²) in [5, 5.41) is 10.4. The van der Waals surface area contributed by atoms with Gasteiger partial charge in [-0.3, -0.25) is 9.59 Å². The fourth-order valence-corrected chi connectivity index (χ4v) is 2.60. The fourth-order valence-electron chi connectivity index (χ4n) is 2.60. The maximum absolute atomic E-state index is 12.2. The van der Waals surface area contributed by atoms with Crippen LogP contribution in [0.5, 0.6) is 5.75 Å². The molecule has 0 spiro atoms. The van der Waals surface area contributed by atoms with Crippen LogP contribution >= 0.6 is 0 Å². The van der Waals surface area contributed by atoms with Gasteiger partial charge in [-0.1, -0.05) is 18.2 Å². The van der Waals surface area contributed by atoms with E-state index in [0.717, 1.165) is 5.56 Å². The minimum Gasteiger partial charge on any atom is -0.491 e. The van der Waals surface area contributed by atoms with Gasteiger partial charge in [0.05, 0.1) is 6.10 Å². The summed E-state index contributed by atoms with van der Waals surface area (Å²) >= 11 is 0. The van der Waals surface area contributed by atoms with Crippen molar-refractivity contribution in [2.45, 2.75) is 33.0 Å². The molecular weight excluding hydrogens is 386 g/mol. The molecule has 1 atom stereocenters. The van der Waals surface area contributed by atoms with Gasteiger partial charge in [0.1, 0.15) is 12.3 Å².